The minimum absolute atomic E-state index is 0.00539. The normalized spacial score (nSPS) is 18.0. The summed E-state index contributed by atoms with van der Waals surface area (Å²) >= 11 is 0. The van der Waals surface area contributed by atoms with Crippen molar-refractivity contribution in [1.29, 1.82) is 0 Å². The predicted molar refractivity (Wildman–Crippen MR) is 259 cm³/mol. The Kier molecular flexibility index (Phi) is 18.4. The molecule has 0 radical (unpaired) electrons. The molecule has 0 bridgehead atoms. The van der Waals surface area contributed by atoms with E-state index in [4.69, 9.17) is 0 Å². The maximum absolute atomic E-state index is 14.1. The Hall–Kier alpha value is -5.00. The number of carbonyl (C=O) groups is 3. The van der Waals surface area contributed by atoms with Crippen molar-refractivity contribution in [3.8, 4) is 0 Å². The Morgan fingerprint density at radius 3 is 1.68 bits per heavy atom. The van der Waals surface area contributed by atoms with Crippen LogP contribution in [0.1, 0.15) is 88.7 Å². The smallest absolute Gasteiger partial charge is 0.335 e. The number of hydrogen-bond acceptors (Lipinski definition) is 16. The number of carboxylic acid groups (broad SMARTS) is 1. The summed E-state index contributed by atoms with van der Waals surface area (Å²) in [5.41, 5.74) is -3.80. The maximum Gasteiger partial charge on any atom is 0.335 e. The van der Waals surface area contributed by atoms with E-state index in [9.17, 15) is 97.3 Å². The van der Waals surface area contributed by atoms with E-state index in [0.29, 0.717) is 0 Å². The summed E-state index contributed by atoms with van der Waals surface area (Å²) in [4.78, 5) is 40.4. The molecule has 2 aromatic rings. The van der Waals surface area contributed by atoms with Gasteiger partial charge in [0.2, 0.25) is 5.69 Å². The fourth-order valence-corrected chi connectivity index (χ4v) is 11.6. The van der Waals surface area contributed by atoms with E-state index in [-0.39, 0.29) is 83.8 Å². The molecule has 4 rings (SSSR count). The zero-order valence-corrected chi connectivity index (χ0v) is 43.4. The molecule has 9 N–H and O–H groups in total. The summed E-state index contributed by atoms with van der Waals surface area (Å²) in [6.07, 6.45) is 5.93. The number of nitrogens with zero attached hydrogens (tertiary/aromatic N) is 2. The molecule has 2 aliphatic heterocycles. The Morgan fingerprint density at radius 1 is 0.625 bits per heavy atom. The van der Waals surface area contributed by atoms with Gasteiger partial charge in [-0.2, -0.15) is 55.1 Å². The van der Waals surface area contributed by atoms with Crippen molar-refractivity contribution in [3.05, 3.63) is 88.2 Å². The average molecular weight is 1130 g/mol. The van der Waals surface area contributed by atoms with Crippen molar-refractivity contribution < 1.29 is 102 Å². The highest BCUT2D eigenvalue weighted by atomic mass is 32.2. The van der Waals surface area contributed by atoms with E-state index in [2.05, 4.69) is 10.6 Å². The largest absolute Gasteiger partial charge is 0.478 e. The highest BCUT2D eigenvalue weighted by Gasteiger charge is 2.49. The standard InChI is InChI=1S/C40H52N4O22S6/c1-39(2)32(43(15-8-18-68(52,53)54)30-24-27(38(47)48)25-31(35(30)39)72(64,65)66)10-5-4-6-11-33-40(3,12-7-17-67(49,50)51)34-28(37(46)42-14-21-71(61,62)63)22-26(36(45)41-13-20-70(58,59)60)23-29(34)44(33)16-9-19-69(55,56)57/h4-6,10-11,22-25H,7-9,12-21H2,1-3H3,(H8-,41,42,45,46,47,48,49,50,51,52,53,54,55,56,57,58,59,60,61,62,63,64,65,66)/p+1. The molecule has 2 aromatic carbocycles. The van der Waals surface area contributed by atoms with Gasteiger partial charge in [-0.05, 0) is 64.3 Å². The third kappa shape index (κ3) is 16.0. The molecule has 400 valence electrons. The number of hydrogen-bond donors (Lipinski definition) is 9. The molecular formula is C40H53N4O22S6+. The Morgan fingerprint density at radius 2 is 1.15 bits per heavy atom. The van der Waals surface area contributed by atoms with Crippen LogP contribution in [0.4, 0.5) is 11.4 Å². The summed E-state index contributed by atoms with van der Waals surface area (Å²) in [6, 6.07) is 4.14. The lowest BCUT2D eigenvalue weighted by molar-refractivity contribution is -0.437. The van der Waals surface area contributed by atoms with Crippen molar-refractivity contribution >= 4 is 95.6 Å². The number of amides is 2. The van der Waals surface area contributed by atoms with Crippen LogP contribution >= 0.6 is 0 Å². The number of rotatable bonds is 25. The molecule has 72 heavy (non-hydrogen) atoms. The summed E-state index contributed by atoms with van der Waals surface area (Å²) in [7, 11) is -28.0. The summed E-state index contributed by atoms with van der Waals surface area (Å²) in [5.74, 6) is -7.92. The van der Waals surface area contributed by atoms with Crippen LogP contribution in [-0.2, 0) is 71.5 Å². The molecule has 26 nitrogen and oxygen atoms in total. The van der Waals surface area contributed by atoms with Crippen LogP contribution in [0.5, 0.6) is 0 Å². The molecule has 2 amide bonds. The fourth-order valence-electron chi connectivity index (χ4n) is 8.52. The Labute approximate surface area is 416 Å². The number of aromatic carboxylic acids is 1. The number of nitrogens with one attached hydrogen (secondary N) is 2. The molecular weight excluding hydrogens is 1080 g/mol. The van der Waals surface area contributed by atoms with Crippen molar-refractivity contribution in [2.75, 3.05) is 59.8 Å². The van der Waals surface area contributed by atoms with Crippen LogP contribution in [0.15, 0.2) is 65.2 Å². The van der Waals surface area contributed by atoms with Crippen molar-refractivity contribution in [2.45, 2.75) is 62.2 Å². The molecule has 2 aliphatic rings. The van der Waals surface area contributed by atoms with E-state index < -0.39 is 142 Å². The van der Waals surface area contributed by atoms with Gasteiger partial charge in [0.25, 0.3) is 72.5 Å². The summed E-state index contributed by atoms with van der Waals surface area (Å²) in [5, 5.41) is 14.4. The van der Waals surface area contributed by atoms with Gasteiger partial charge < -0.3 is 20.6 Å². The van der Waals surface area contributed by atoms with Gasteiger partial charge in [0, 0.05) is 71.7 Å². The monoisotopic (exact) mass is 1130 g/mol. The van der Waals surface area contributed by atoms with Crippen LogP contribution in [0.25, 0.3) is 0 Å². The second kappa shape index (κ2) is 22.2. The van der Waals surface area contributed by atoms with E-state index in [0.717, 1.165) is 18.2 Å². The molecule has 2 heterocycles. The van der Waals surface area contributed by atoms with Gasteiger partial charge >= 0.3 is 5.97 Å². The first-order valence-electron chi connectivity index (χ1n) is 21.1. The molecule has 0 spiro atoms. The predicted octanol–water partition coefficient (Wildman–Crippen LogP) is 1.24. The highest BCUT2D eigenvalue weighted by Crippen LogP contribution is 2.53. The van der Waals surface area contributed by atoms with Crippen LogP contribution in [-0.4, -0.2) is 166 Å². The average Bonchev–Trinajstić information content (AvgIpc) is 3.56. The van der Waals surface area contributed by atoms with Gasteiger partial charge in [0.1, 0.15) is 11.4 Å². The van der Waals surface area contributed by atoms with Crippen LogP contribution in [0.3, 0.4) is 0 Å². The molecule has 1 atom stereocenters. The molecule has 0 aromatic heterocycles. The molecule has 1 unspecified atom stereocenters. The zero-order chi connectivity index (χ0) is 54.6. The molecule has 0 saturated heterocycles. The third-order valence-electron chi connectivity index (χ3n) is 11.4. The van der Waals surface area contributed by atoms with Gasteiger partial charge in [-0.1, -0.05) is 18.2 Å². The van der Waals surface area contributed by atoms with Crippen LogP contribution in [0.2, 0.25) is 0 Å². The number of fused-ring (bicyclic) bond motifs is 2. The van der Waals surface area contributed by atoms with Gasteiger partial charge in [-0.15, -0.1) is 0 Å². The molecule has 0 fully saturated rings. The third-order valence-corrected chi connectivity index (χ3v) is 16.2. The number of carboxylic acids is 1. The van der Waals surface area contributed by atoms with Crippen molar-refractivity contribution in [3.63, 3.8) is 0 Å². The van der Waals surface area contributed by atoms with E-state index in [1.165, 1.54) is 66.7 Å². The van der Waals surface area contributed by atoms with Crippen molar-refractivity contribution in [1.82, 2.24) is 10.6 Å². The quantitative estimate of drug-likeness (QED) is 0.0384. The number of benzene rings is 2. The highest BCUT2D eigenvalue weighted by molar-refractivity contribution is 7.87. The minimum Gasteiger partial charge on any atom is -0.478 e. The lowest BCUT2D eigenvalue weighted by Crippen LogP contribution is -2.33. The van der Waals surface area contributed by atoms with Crippen LogP contribution in [0, 0.1) is 0 Å². The summed E-state index contributed by atoms with van der Waals surface area (Å²) in [6.45, 7) is 2.73. The van der Waals surface area contributed by atoms with Gasteiger partial charge in [-0.3, -0.25) is 36.9 Å². The van der Waals surface area contributed by atoms with Gasteiger partial charge in [0.05, 0.1) is 45.3 Å². The van der Waals surface area contributed by atoms with Gasteiger partial charge in [0.15, 0.2) is 5.71 Å². The first-order valence-corrected chi connectivity index (χ1v) is 30.6. The molecule has 32 heteroatoms. The topological polar surface area (TPSA) is 428 Å². The second-order valence-electron chi connectivity index (χ2n) is 17.3. The number of allylic oxidation sites excluding steroid dienone is 6. The van der Waals surface area contributed by atoms with Crippen LogP contribution < -0.4 is 15.5 Å². The molecule has 0 aliphatic carbocycles. The minimum atomic E-state index is -5.09. The maximum atomic E-state index is 14.1. The fraction of sp³-hybridized carbons (Fsp3) is 0.450. The van der Waals surface area contributed by atoms with Gasteiger partial charge in [-0.25, -0.2) is 4.79 Å². The zero-order valence-electron chi connectivity index (χ0n) is 38.5. The van der Waals surface area contributed by atoms with Crippen molar-refractivity contribution in [2.24, 2.45) is 0 Å². The number of carbonyl (C=O) groups excluding carboxylic acids is 2. The first-order chi connectivity index (χ1) is 32.8. The second-order valence-corrected chi connectivity index (χ2v) is 26.5. The van der Waals surface area contributed by atoms with E-state index in [1.54, 1.807) is 0 Å². The lowest BCUT2D eigenvalue weighted by atomic mass is 9.75. The number of anilines is 1. The van der Waals surface area contributed by atoms with E-state index >= 15 is 0 Å². The lowest BCUT2D eigenvalue weighted by Gasteiger charge is -2.31. The molecule has 0 saturated carbocycles. The Bertz CT molecular complexity index is 3350. The first kappa shape index (κ1) is 59.6. The SMILES string of the molecule is CC1(C)C(/C=C/C=C/C=C2/N(CCCS(=O)(=O)O)c3cc(C(=O)NCCS(=O)(=O)O)cc(C(=O)NCCS(=O)(=O)O)c3C2(C)CCCS(=O)(=O)O)=[N+](CCCS(=O)(=O)O)c2cc(C(=O)O)cc(S(=O)(=O)O)c21. The summed E-state index contributed by atoms with van der Waals surface area (Å²) < 4.78 is 201. The van der Waals surface area contributed by atoms with E-state index in [1.807, 2.05) is 0 Å². The Balaban J connectivity index is 2.00.